The van der Waals surface area contributed by atoms with Crippen molar-refractivity contribution in [3.8, 4) is 11.5 Å². The molecule has 1 fully saturated rings. The molecule has 0 bridgehead atoms. The summed E-state index contributed by atoms with van der Waals surface area (Å²) in [6.07, 6.45) is 10.6. The first-order valence-corrected chi connectivity index (χ1v) is 19.1. The average Bonchev–Trinajstić information content (AvgIpc) is 3.15. The summed E-state index contributed by atoms with van der Waals surface area (Å²) in [5, 5.41) is 0. The Hall–Kier alpha value is -6.15. The summed E-state index contributed by atoms with van der Waals surface area (Å²) in [7, 11) is -4.25. The second kappa shape index (κ2) is 14.9. The summed E-state index contributed by atoms with van der Waals surface area (Å²) in [6.45, 7) is 10.4. The number of sulfonamides is 1. The van der Waals surface area contributed by atoms with Gasteiger partial charge in [0, 0.05) is 29.2 Å². The number of nitrogens with zero attached hydrogens (tertiary/aromatic N) is 3. The highest BCUT2D eigenvalue weighted by Gasteiger charge is 2.45. The van der Waals surface area contributed by atoms with Gasteiger partial charge in [0.05, 0.1) is 15.7 Å². The van der Waals surface area contributed by atoms with E-state index in [1.54, 1.807) is 58.0 Å². The van der Waals surface area contributed by atoms with Gasteiger partial charge in [-0.1, -0.05) is 37.3 Å². The van der Waals surface area contributed by atoms with Crippen molar-refractivity contribution < 1.29 is 41.9 Å². The lowest BCUT2D eigenvalue weighted by molar-refractivity contribution is -0.132. The van der Waals surface area contributed by atoms with Crippen LogP contribution in [0.3, 0.4) is 0 Å². The topological polar surface area (TPSA) is 169 Å². The molecule has 1 saturated carbocycles. The van der Waals surface area contributed by atoms with Crippen LogP contribution in [0.15, 0.2) is 102 Å². The van der Waals surface area contributed by atoms with Crippen LogP contribution in [0, 0.1) is 0 Å². The van der Waals surface area contributed by atoms with Crippen LogP contribution >= 0.6 is 0 Å². The van der Waals surface area contributed by atoms with Crippen molar-refractivity contribution in [3.63, 3.8) is 0 Å². The van der Waals surface area contributed by atoms with E-state index in [9.17, 15) is 32.4 Å². The van der Waals surface area contributed by atoms with Crippen LogP contribution < -0.4 is 14.2 Å². The molecular formula is C41H40N4O9S. The normalized spacial score (nSPS) is 17.9. The highest BCUT2D eigenvalue weighted by molar-refractivity contribution is 7.90. The summed E-state index contributed by atoms with van der Waals surface area (Å²) in [6, 6.07) is 14.4. The van der Waals surface area contributed by atoms with Crippen LogP contribution in [0.1, 0.15) is 97.2 Å². The Labute approximate surface area is 319 Å². The maximum atomic E-state index is 13.7. The maximum absolute atomic E-state index is 13.7. The van der Waals surface area contributed by atoms with Crippen molar-refractivity contribution in [1.82, 2.24) is 14.5 Å². The monoisotopic (exact) mass is 764 g/mol. The third kappa shape index (κ3) is 7.63. The van der Waals surface area contributed by atoms with Gasteiger partial charge in [0.1, 0.15) is 24.0 Å². The quantitative estimate of drug-likeness (QED) is 0.183. The number of fused-ring (bicyclic) bond motifs is 2. The van der Waals surface area contributed by atoms with E-state index in [4.69, 9.17) is 9.47 Å². The molecule has 6 amide bonds. The van der Waals surface area contributed by atoms with Gasteiger partial charge in [0.2, 0.25) is 11.8 Å². The van der Waals surface area contributed by atoms with Gasteiger partial charge in [-0.25, -0.2) is 22.9 Å². The number of hydrogen-bond acceptors (Lipinski definition) is 9. The smallest absolute Gasteiger partial charge is 0.354 e. The molecule has 3 aromatic carbocycles. The molecule has 284 valence electrons. The number of ether oxygens (including phenoxy) is 2. The Morgan fingerprint density at radius 1 is 0.782 bits per heavy atom. The van der Waals surface area contributed by atoms with Gasteiger partial charge in [-0.15, -0.1) is 0 Å². The minimum Gasteiger partial charge on any atom is -0.462 e. The van der Waals surface area contributed by atoms with E-state index in [0.717, 1.165) is 29.1 Å². The first kappa shape index (κ1) is 38.6. The lowest BCUT2D eigenvalue weighted by atomic mass is 9.77. The second-order valence-electron chi connectivity index (χ2n) is 14.4. The molecule has 0 atom stereocenters. The molecule has 0 saturated heterocycles. The zero-order chi connectivity index (χ0) is 39.7. The first-order chi connectivity index (χ1) is 26.0. The number of nitrogens with one attached hydrogen (secondary N) is 1. The van der Waals surface area contributed by atoms with Crippen molar-refractivity contribution in [3.05, 3.63) is 120 Å². The molecule has 0 aromatic heterocycles. The first-order valence-electron chi connectivity index (χ1n) is 17.6. The highest BCUT2D eigenvalue weighted by Crippen LogP contribution is 2.38. The van der Waals surface area contributed by atoms with Crippen molar-refractivity contribution >= 4 is 51.5 Å². The zero-order valence-corrected chi connectivity index (χ0v) is 31.6. The SMILES string of the molecule is C=CN1C(=O)c2cc(O/C=C/Oc3ccc4c(c3)C(=O)N(/C=C/c3cccc(S(=O)(=O)NC(=O)N=C5CCCCC5)c3)C(=O)C4(C)C)ccc2C(C)(C)C1=O. The Morgan fingerprint density at radius 3 is 1.89 bits per heavy atom. The van der Waals surface area contributed by atoms with Crippen molar-refractivity contribution in [2.45, 2.75) is 75.5 Å². The number of imide groups is 2. The number of amides is 6. The third-order valence-corrected chi connectivity index (χ3v) is 11.2. The molecule has 0 radical (unpaired) electrons. The number of aliphatic imine (C=N–C) groups is 1. The molecule has 1 aliphatic carbocycles. The molecule has 6 rings (SSSR count). The van der Waals surface area contributed by atoms with Crippen LogP contribution in [-0.4, -0.2) is 53.6 Å². The maximum Gasteiger partial charge on any atom is 0.354 e. The third-order valence-electron chi connectivity index (χ3n) is 9.88. The largest absolute Gasteiger partial charge is 0.462 e. The molecule has 3 aromatic rings. The van der Waals surface area contributed by atoms with Crippen LogP contribution in [0.4, 0.5) is 4.79 Å². The second-order valence-corrected chi connectivity index (χ2v) is 16.0. The lowest BCUT2D eigenvalue weighted by Crippen LogP contribution is -2.49. The Bertz CT molecular complexity index is 2330. The number of carbonyl (C=O) groups excluding carboxylic acids is 5. The van der Waals surface area contributed by atoms with E-state index in [1.807, 2.05) is 4.72 Å². The predicted molar refractivity (Wildman–Crippen MR) is 204 cm³/mol. The van der Waals surface area contributed by atoms with Gasteiger partial charge in [0.25, 0.3) is 21.8 Å². The molecule has 0 spiro atoms. The summed E-state index contributed by atoms with van der Waals surface area (Å²) in [5.74, 6) is -1.40. The fourth-order valence-electron chi connectivity index (χ4n) is 6.79. The van der Waals surface area contributed by atoms with Crippen LogP contribution in [0.5, 0.6) is 11.5 Å². The van der Waals surface area contributed by atoms with E-state index >= 15 is 0 Å². The summed E-state index contributed by atoms with van der Waals surface area (Å²) in [4.78, 5) is 71.1. The molecule has 3 aliphatic rings. The molecule has 0 unspecified atom stereocenters. The van der Waals surface area contributed by atoms with E-state index in [2.05, 4.69) is 11.6 Å². The van der Waals surface area contributed by atoms with Gasteiger partial charge in [-0.05, 0) is 113 Å². The van der Waals surface area contributed by atoms with E-state index in [0.29, 0.717) is 46.6 Å². The van der Waals surface area contributed by atoms with Crippen LogP contribution in [0.25, 0.3) is 6.08 Å². The Morgan fingerprint density at radius 2 is 1.33 bits per heavy atom. The number of carbonyl (C=O) groups is 5. The summed E-state index contributed by atoms with van der Waals surface area (Å²) in [5.41, 5.74) is 0.575. The summed E-state index contributed by atoms with van der Waals surface area (Å²) >= 11 is 0. The fourth-order valence-corrected chi connectivity index (χ4v) is 7.73. The number of benzene rings is 3. The fraction of sp³-hybridized carbons (Fsp3) is 0.268. The number of urea groups is 1. The summed E-state index contributed by atoms with van der Waals surface area (Å²) < 4.78 is 39.4. The van der Waals surface area contributed by atoms with Gasteiger partial charge in [0.15, 0.2) is 0 Å². The van der Waals surface area contributed by atoms with Gasteiger partial charge in [-0.2, -0.15) is 0 Å². The van der Waals surface area contributed by atoms with Gasteiger partial charge >= 0.3 is 6.03 Å². The molecule has 2 heterocycles. The molecular weight excluding hydrogens is 725 g/mol. The predicted octanol–water partition coefficient (Wildman–Crippen LogP) is 6.75. The molecule has 14 heteroatoms. The van der Waals surface area contributed by atoms with Crippen molar-refractivity contribution in [2.75, 3.05) is 0 Å². The van der Waals surface area contributed by atoms with E-state index < -0.39 is 44.6 Å². The molecule has 2 aliphatic heterocycles. The zero-order valence-electron chi connectivity index (χ0n) is 30.8. The standard InChI is InChI=1S/C41H40N4O9S/c1-6-44-35(46)31-24-28(15-17-33(31)40(2,3)37(44)48)53-21-22-54-29-16-18-34-32(25-29)36(47)45(38(49)41(34,4)5)20-19-26-11-10-14-30(23-26)55(51,52)43-39(50)42-27-12-8-7-9-13-27/h6,10-11,14-25H,1,7-9,12-13H2,2-5H3,(H,43,50)/b20-19+,22-21+. The van der Waals surface area contributed by atoms with Crippen molar-refractivity contribution in [2.24, 2.45) is 4.99 Å². The van der Waals surface area contributed by atoms with E-state index in [-0.39, 0.29) is 22.1 Å². The molecule has 13 nitrogen and oxygen atoms in total. The minimum absolute atomic E-state index is 0.187. The van der Waals surface area contributed by atoms with Gasteiger partial charge < -0.3 is 9.47 Å². The average molecular weight is 765 g/mol. The lowest BCUT2D eigenvalue weighted by Gasteiger charge is -2.36. The number of rotatable bonds is 9. The molecule has 55 heavy (non-hydrogen) atoms. The van der Waals surface area contributed by atoms with Crippen LogP contribution in [-0.2, 0) is 30.4 Å². The minimum atomic E-state index is -4.25. The van der Waals surface area contributed by atoms with Crippen molar-refractivity contribution in [1.29, 1.82) is 0 Å². The Balaban J connectivity index is 1.15. The van der Waals surface area contributed by atoms with E-state index in [1.165, 1.54) is 61.3 Å². The van der Waals surface area contributed by atoms with Crippen LogP contribution in [0.2, 0.25) is 0 Å². The van der Waals surface area contributed by atoms with Gasteiger partial charge in [-0.3, -0.25) is 29.0 Å². The Kier molecular flexibility index (Phi) is 10.5. The number of hydrogen-bond donors (Lipinski definition) is 1. The molecule has 1 N–H and O–H groups in total. The highest BCUT2D eigenvalue weighted by atomic mass is 32.2.